The van der Waals surface area contributed by atoms with Crippen LogP contribution in [0.1, 0.15) is 29.9 Å². The van der Waals surface area contributed by atoms with Gasteiger partial charge in [0.25, 0.3) is 0 Å². The topological polar surface area (TPSA) is 66.8 Å². The summed E-state index contributed by atoms with van der Waals surface area (Å²) in [5, 5.41) is 8.99. The largest absolute Gasteiger partial charge is 0.493 e. The maximum atomic E-state index is 14.1. The summed E-state index contributed by atoms with van der Waals surface area (Å²) in [6, 6.07) is 10.9. The minimum absolute atomic E-state index is 0.00841. The van der Waals surface area contributed by atoms with Crippen molar-refractivity contribution >= 4 is 11.9 Å². The second-order valence-corrected chi connectivity index (χ2v) is 6.34. The summed E-state index contributed by atoms with van der Waals surface area (Å²) in [6.45, 7) is 0.0629. The van der Waals surface area contributed by atoms with Gasteiger partial charge < -0.3 is 14.7 Å². The number of hydrogen-bond donors (Lipinski definition) is 1. The highest BCUT2D eigenvalue weighted by molar-refractivity contribution is 5.85. The predicted octanol–water partition coefficient (Wildman–Crippen LogP) is 3.33. The fraction of sp³-hybridized carbons (Fsp3) is 0.300. The Bertz CT molecular complexity index is 856. The lowest BCUT2D eigenvalue weighted by atomic mass is 9.91. The van der Waals surface area contributed by atoms with Gasteiger partial charge in [-0.2, -0.15) is 0 Å². The Morgan fingerprint density at radius 3 is 2.70 bits per heavy atom. The highest BCUT2D eigenvalue weighted by Crippen LogP contribution is 2.35. The van der Waals surface area contributed by atoms with E-state index >= 15 is 0 Å². The van der Waals surface area contributed by atoms with E-state index in [2.05, 4.69) is 0 Å². The highest BCUT2D eigenvalue weighted by atomic mass is 19.2. The zero-order valence-electron chi connectivity index (χ0n) is 14.5. The van der Waals surface area contributed by atoms with Gasteiger partial charge in [0.2, 0.25) is 5.91 Å². The van der Waals surface area contributed by atoms with E-state index in [0.29, 0.717) is 24.3 Å². The minimum Gasteiger partial charge on any atom is -0.493 e. The number of carbonyl (C=O) groups excluding carboxylic acids is 1. The maximum Gasteiger partial charge on any atom is 0.305 e. The summed E-state index contributed by atoms with van der Waals surface area (Å²) >= 11 is 0. The normalized spacial score (nSPS) is 15.6. The van der Waals surface area contributed by atoms with Crippen molar-refractivity contribution in [3.8, 4) is 5.75 Å². The number of halogens is 2. The molecule has 1 unspecified atom stereocenters. The molecule has 0 fully saturated rings. The van der Waals surface area contributed by atoms with Crippen LogP contribution in [-0.2, 0) is 16.1 Å². The molecule has 1 atom stereocenters. The molecule has 0 saturated heterocycles. The quantitative estimate of drug-likeness (QED) is 0.841. The summed E-state index contributed by atoms with van der Waals surface area (Å²) in [4.78, 5) is 25.4. The molecule has 1 amide bonds. The number of fused-ring (bicyclic) bond motifs is 1. The van der Waals surface area contributed by atoms with Crippen molar-refractivity contribution in [2.45, 2.75) is 25.3 Å². The van der Waals surface area contributed by atoms with Crippen molar-refractivity contribution in [2.24, 2.45) is 0 Å². The van der Waals surface area contributed by atoms with Crippen LogP contribution in [0.25, 0.3) is 0 Å². The summed E-state index contributed by atoms with van der Waals surface area (Å²) < 4.78 is 33.1. The van der Waals surface area contributed by atoms with Gasteiger partial charge in [0.1, 0.15) is 5.75 Å². The van der Waals surface area contributed by atoms with Crippen LogP contribution in [0.5, 0.6) is 5.75 Å². The Morgan fingerprint density at radius 2 is 1.93 bits per heavy atom. The molecule has 7 heteroatoms. The molecule has 1 N–H and O–H groups in total. The minimum atomic E-state index is -1.07. The molecule has 142 valence electrons. The average molecular weight is 375 g/mol. The first kappa shape index (κ1) is 18.8. The summed E-state index contributed by atoms with van der Waals surface area (Å²) in [5.74, 6) is -3.33. The second-order valence-electron chi connectivity index (χ2n) is 6.34. The van der Waals surface area contributed by atoms with Gasteiger partial charge in [-0.15, -0.1) is 0 Å². The first-order valence-corrected chi connectivity index (χ1v) is 8.62. The third-order valence-corrected chi connectivity index (χ3v) is 4.56. The molecule has 5 nitrogen and oxygen atoms in total. The molecule has 27 heavy (non-hydrogen) atoms. The standard InChI is InChI=1S/C20H19F2NO4/c21-16-6-3-4-13(19(16)22)12-23(10-8-18(24)25)20(26)15-9-11-27-17-7-2-1-5-14(15)17/h1-7,15H,8-12H2,(H,24,25). The lowest BCUT2D eigenvalue weighted by Crippen LogP contribution is -2.38. The Kier molecular flexibility index (Phi) is 5.69. The molecule has 0 saturated carbocycles. The molecule has 1 heterocycles. The van der Waals surface area contributed by atoms with Gasteiger partial charge in [0.05, 0.1) is 18.9 Å². The molecule has 0 radical (unpaired) electrons. The van der Waals surface area contributed by atoms with Crippen LogP contribution >= 0.6 is 0 Å². The van der Waals surface area contributed by atoms with Crippen LogP contribution in [0.15, 0.2) is 42.5 Å². The third-order valence-electron chi connectivity index (χ3n) is 4.56. The monoisotopic (exact) mass is 375 g/mol. The SMILES string of the molecule is O=C(O)CCN(Cc1cccc(F)c1F)C(=O)C1CCOc2ccccc21. The van der Waals surface area contributed by atoms with E-state index < -0.39 is 23.5 Å². The number of carbonyl (C=O) groups is 2. The van der Waals surface area contributed by atoms with Crippen molar-refractivity contribution in [1.29, 1.82) is 0 Å². The summed E-state index contributed by atoms with van der Waals surface area (Å²) in [5.41, 5.74) is 0.725. The number of para-hydroxylation sites is 1. The van der Waals surface area contributed by atoms with E-state index in [4.69, 9.17) is 9.84 Å². The first-order chi connectivity index (χ1) is 13.0. The number of benzene rings is 2. The Morgan fingerprint density at radius 1 is 1.15 bits per heavy atom. The zero-order chi connectivity index (χ0) is 19.4. The molecule has 1 aliphatic heterocycles. The molecule has 2 aromatic rings. The Hall–Kier alpha value is -2.96. The van der Waals surface area contributed by atoms with Gasteiger partial charge in [0.15, 0.2) is 11.6 Å². The van der Waals surface area contributed by atoms with E-state index in [9.17, 15) is 18.4 Å². The van der Waals surface area contributed by atoms with Crippen LogP contribution in [0.3, 0.4) is 0 Å². The molecule has 0 bridgehead atoms. The van der Waals surface area contributed by atoms with E-state index in [-0.39, 0.29) is 31.0 Å². The summed E-state index contributed by atoms with van der Waals surface area (Å²) in [7, 11) is 0. The van der Waals surface area contributed by atoms with Gasteiger partial charge in [-0.1, -0.05) is 30.3 Å². The van der Waals surface area contributed by atoms with Gasteiger partial charge >= 0.3 is 5.97 Å². The fourth-order valence-corrected chi connectivity index (χ4v) is 3.19. The first-order valence-electron chi connectivity index (χ1n) is 8.62. The predicted molar refractivity (Wildman–Crippen MR) is 93.3 cm³/mol. The second kappa shape index (κ2) is 8.16. The van der Waals surface area contributed by atoms with Crippen LogP contribution in [0.2, 0.25) is 0 Å². The van der Waals surface area contributed by atoms with E-state index in [1.165, 1.54) is 17.0 Å². The Labute approximate surface area is 155 Å². The molecule has 0 aliphatic carbocycles. The van der Waals surface area contributed by atoms with Gasteiger partial charge in [-0.25, -0.2) is 8.78 Å². The molecule has 0 aromatic heterocycles. The molecular formula is C20H19F2NO4. The number of aliphatic carboxylic acids is 1. The van der Waals surface area contributed by atoms with Crippen LogP contribution in [-0.4, -0.2) is 35.0 Å². The summed E-state index contributed by atoms with van der Waals surface area (Å²) in [6.07, 6.45) is 0.151. The number of amides is 1. The average Bonchev–Trinajstić information content (AvgIpc) is 2.67. The zero-order valence-corrected chi connectivity index (χ0v) is 14.5. The van der Waals surface area contributed by atoms with Gasteiger partial charge in [-0.3, -0.25) is 9.59 Å². The van der Waals surface area contributed by atoms with Crippen molar-refractivity contribution < 1.29 is 28.2 Å². The van der Waals surface area contributed by atoms with Crippen LogP contribution < -0.4 is 4.74 Å². The van der Waals surface area contributed by atoms with E-state index in [1.807, 2.05) is 0 Å². The number of ether oxygens (including phenoxy) is 1. The van der Waals surface area contributed by atoms with Crippen LogP contribution in [0, 0.1) is 11.6 Å². The lowest BCUT2D eigenvalue weighted by Gasteiger charge is -2.31. The maximum absolute atomic E-state index is 14.1. The molecular weight excluding hydrogens is 356 g/mol. The van der Waals surface area contributed by atoms with Crippen molar-refractivity contribution in [3.63, 3.8) is 0 Å². The molecule has 2 aromatic carbocycles. The van der Waals surface area contributed by atoms with E-state index in [1.54, 1.807) is 24.3 Å². The van der Waals surface area contributed by atoms with Crippen molar-refractivity contribution in [2.75, 3.05) is 13.2 Å². The number of hydrogen-bond acceptors (Lipinski definition) is 3. The lowest BCUT2D eigenvalue weighted by molar-refractivity contribution is -0.139. The van der Waals surface area contributed by atoms with Crippen molar-refractivity contribution in [1.82, 2.24) is 4.90 Å². The van der Waals surface area contributed by atoms with Crippen LogP contribution in [0.4, 0.5) is 8.78 Å². The fourth-order valence-electron chi connectivity index (χ4n) is 3.19. The highest BCUT2D eigenvalue weighted by Gasteiger charge is 2.31. The number of nitrogens with zero attached hydrogens (tertiary/aromatic N) is 1. The number of rotatable bonds is 6. The third kappa shape index (κ3) is 4.24. The molecule has 1 aliphatic rings. The smallest absolute Gasteiger partial charge is 0.305 e. The number of carboxylic acids is 1. The Balaban J connectivity index is 1.87. The number of carboxylic acid groups (broad SMARTS) is 1. The van der Waals surface area contributed by atoms with Gasteiger partial charge in [0, 0.05) is 24.2 Å². The molecule has 0 spiro atoms. The van der Waals surface area contributed by atoms with E-state index in [0.717, 1.165) is 6.07 Å². The molecule has 3 rings (SSSR count). The van der Waals surface area contributed by atoms with Crippen molar-refractivity contribution in [3.05, 3.63) is 65.2 Å². The van der Waals surface area contributed by atoms with Gasteiger partial charge in [-0.05, 0) is 18.6 Å².